The van der Waals surface area contributed by atoms with E-state index in [0.717, 1.165) is 14.5 Å². The molecule has 0 radical (unpaired) electrons. The van der Waals surface area contributed by atoms with Gasteiger partial charge >= 0.3 is 0 Å². The number of aryl methyl sites for hydroxylation is 1. The van der Waals surface area contributed by atoms with Gasteiger partial charge in [-0.05, 0) is 24.6 Å². The lowest BCUT2D eigenvalue weighted by Gasteiger charge is -1.92. The van der Waals surface area contributed by atoms with E-state index in [2.05, 4.69) is 12.6 Å². The van der Waals surface area contributed by atoms with Crippen molar-refractivity contribution in [3.8, 4) is 0 Å². The first-order chi connectivity index (χ1) is 5.70. The summed E-state index contributed by atoms with van der Waals surface area (Å²) in [7, 11) is 0. The van der Waals surface area contributed by atoms with Crippen LogP contribution in [-0.2, 0) is 0 Å². The third-order valence-corrected chi connectivity index (χ3v) is 3.55. The minimum atomic E-state index is -0.151. The molecule has 62 valence electrons. The van der Waals surface area contributed by atoms with Crippen molar-refractivity contribution in [1.29, 1.82) is 0 Å². The highest BCUT2D eigenvalue weighted by Crippen LogP contribution is 2.34. The Hall–Kier alpha value is -0.540. The third-order valence-electron chi connectivity index (χ3n) is 1.88. The van der Waals surface area contributed by atoms with Gasteiger partial charge in [-0.15, -0.1) is 24.0 Å². The van der Waals surface area contributed by atoms with Crippen molar-refractivity contribution in [3.05, 3.63) is 29.6 Å². The Morgan fingerprint density at radius 3 is 2.83 bits per heavy atom. The maximum absolute atomic E-state index is 13.2. The fourth-order valence-corrected chi connectivity index (χ4v) is 2.61. The van der Waals surface area contributed by atoms with Crippen molar-refractivity contribution in [3.63, 3.8) is 0 Å². The molecule has 0 saturated heterocycles. The molecule has 0 aliphatic heterocycles. The summed E-state index contributed by atoms with van der Waals surface area (Å²) in [5.74, 6) is -0.151. The molecule has 1 aromatic carbocycles. The Morgan fingerprint density at radius 2 is 2.17 bits per heavy atom. The van der Waals surface area contributed by atoms with Crippen LogP contribution in [0, 0.1) is 12.7 Å². The van der Waals surface area contributed by atoms with E-state index in [4.69, 9.17) is 0 Å². The molecule has 0 atom stereocenters. The summed E-state index contributed by atoms with van der Waals surface area (Å²) in [4.78, 5) is 0. The van der Waals surface area contributed by atoms with Crippen LogP contribution in [-0.4, -0.2) is 0 Å². The summed E-state index contributed by atoms with van der Waals surface area (Å²) in [5.41, 5.74) is 0.941. The fourth-order valence-electron chi connectivity index (χ4n) is 1.24. The Balaban J connectivity index is 2.97. The topological polar surface area (TPSA) is 0 Å². The van der Waals surface area contributed by atoms with Crippen LogP contribution >= 0.6 is 24.0 Å². The Labute approximate surface area is 79.4 Å². The minimum absolute atomic E-state index is 0.151. The Morgan fingerprint density at radius 1 is 1.42 bits per heavy atom. The van der Waals surface area contributed by atoms with E-state index in [1.54, 1.807) is 6.07 Å². The van der Waals surface area contributed by atoms with Crippen LogP contribution < -0.4 is 0 Å². The summed E-state index contributed by atoms with van der Waals surface area (Å²) in [6.07, 6.45) is 0. The number of hydrogen-bond donors (Lipinski definition) is 1. The highest BCUT2D eigenvalue weighted by molar-refractivity contribution is 7.83. The molecule has 0 aliphatic carbocycles. The molecule has 2 aromatic rings. The predicted octanol–water partition coefficient (Wildman–Crippen LogP) is 3.64. The molecule has 0 bridgehead atoms. The first-order valence-electron chi connectivity index (χ1n) is 3.56. The summed E-state index contributed by atoms with van der Waals surface area (Å²) < 4.78 is 15.1. The van der Waals surface area contributed by atoms with Crippen molar-refractivity contribution in [2.45, 2.75) is 11.1 Å². The summed E-state index contributed by atoms with van der Waals surface area (Å²) >= 11 is 5.77. The van der Waals surface area contributed by atoms with Crippen molar-refractivity contribution >= 4 is 34.1 Å². The third kappa shape index (κ3) is 1.04. The lowest BCUT2D eigenvalue weighted by molar-refractivity contribution is 0.639. The lowest BCUT2D eigenvalue weighted by atomic mass is 10.2. The Bertz CT molecular complexity index is 431. The quantitative estimate of drug-likeness (QED) is 0.614. The fraction of sp³-hybridized carbons (Fsp3) is 0.111. The monoisotopic (exact) mass is 198 g/mol. The highest BCUT2D eigenvalue weighted by Gasteiger charge is 2.08. The van der Waals surface area contributed by atoms with Crippen molar-refractivity contribution in [2.75, 3.05) is 0 Å². The predicted molar refractivity (Wildman–Crippen MR) is 53.8 cm³/mol. The van der Waals surface area contributed by atoms with Gasteiger partial charge in [-0.3, -0.25) is 0 Å². The van der Waals surface area contributed by atoms with Crippen LogP contribution in [0.2, 0.25) is 0 Å². The maximum Gasteiger partial charge on any atom is 0.132 e. The van der Waals surface area contributed by atoms with Crippen LogP contribution in [0.5, 0.6) is 0 Å². The molecule has 0 spiro atoms. The van der Waals surface area contributed by atoms with E-state index in [1.807, 2.05) is 13.0 Å². The zero-order valence-corrected chi connectivity index (χ0v) is 8.18. The van der Waals surface area contributed by atoms with Gasteiger partial charge in [0, 0.05) is 10.1 Å². The van der Waals surface area contributed by atoms with Gasteiger partial charge < -0.3 is 0 Å². The first-order valence-corrected chi connectivity index (χ1v) is 4.83. The Kier molecular flexibility index (Phi) is 1.85. The summed E-state index contributed by atoms with van der Waals surface area (Å²) in [5, 5.41) is 0.715. The van der Waals surface area contributed by atoms with Crippen LogP contribution in [0.3, 0.4) is 0 Å². The largest absolute Gasteiger partial charge is 0.206 e. The van der Waals surface area contributed by atoms with Crippen molar-refractivity contribution in [2.24, 2.45) is 0 Å². The molecule has 0 nitrogen and oxygen atoms in total. The molecule has 0 saturated carbocycles. The average molecular weight is 198 g/mol. The molecule has 0 amide bonds. The molecule has 0 aliphatic rings. The van der Waals surface area contributed by atoms with Crippen molar-refractivity contribution in [1.82, 2.24) is 0 Å². The molecule has 0 fully saturated rings. The molecular formula is C9H7FS2. The second-order valence-corrected chi connectivity index (χ2v) is 4.45. The lowest BCUT2D eigenvalue weighted by Crippen LogP contribution is -1.75. The number of thiophene rings is 1. The standard InChI is InChI=1S/C9H7FS2/c1-5-8-6(10)3-2-4-7(8)12-9(5)11/h2-4,11H,1H3. The van der Waals surface area contributed by atoms with E-state index in [-0.39, 0.29) is 5.82 Å². The van der Waals surface area contributed by atoms with E-state index in [9.17, 15) is 4.39 Å². The van der Waals surface area contributed by atoms with Gasteiger partial charge in [-0.1, -0.05) is 6.07 Å². The molecular weight excluding hydrogens is 191 g/mol. The van der Waals surface area contributed by atoms with Crippen LogP contribution in [0.1, 0.15) is 5.56 Å². The number of thiol groups is 1. The highest BCUT2D eigenvalue weighted by atomic mass is 32.2. The minimum Gasteiger partial charge on any atom is -0.206 e. The van der Waals surface area contributed by atoms with Gasteiger partial charge in [0.2, 0.25) is 0 Å². The molecule has 12 heavy (non-hydrogen) atoms. The van der Waals surface area contributed by atoms with Crippen molar-refractivity contribution < 1.29 is 4.39 Å². The number of fused-ring (bicyclic) bond motifs is 1. The van der Waals surface area contributed by atoms with E-state index < -0.39 is 0 Å². The molecule has 1 aromatic heterocycles. The SMILES string of the molecule is Cc1c(S)sc2cccc(F)c12. The summed E-state index contributed by atoms with van der Waals surface area (Å²) in [6, 6.07) is 5.12. The van der Waals surface area contributed by atoms with Crippen LogP contribution in [0.25, 0.3) is 10.1 Å². The molecule has 0 N–H and O–H groups in total. The molecule has 2 rings (SSSR count). The normalized spacial score (nSPS) is 10.9. The molecule has 3 heteroatoms. The number of benzene rings is 1. The molecule has 0 unspecified atom stereocenters. The van der Waals surface area contributed by atoms with Gasteiger partial charge in [-0.25, -0.2) is 4.39 Å². The zero-order valence-electron chi connectivity index (χ0n) is 6.47. The van der Waals surface area contributed by atoms with E-state index in [1.165, 1.54) is 17.4 Å². The van der Waals surface area contributed by atoms with Gasteiger partial charge in [-0.2, -0.15) is 0 Å². The van der Waals surface area contributed by atoms with Gasteiger partial charge in [0.25, 0.3) is 0 Å². The zero-order chi connectivity index (χ0) is 8.72. The number of hydrogen-bond acceptors (Lipinski definition) is 2. The number of halogens is 1. The average Bonchev–Trinajstić information content (AvgIpc) is 2.29. The van der Waals surface area contributed by atoms with Gasteiger partial charge in [0.15, 0.2) is 0 Å². The van der Waals surface area contributed by atoms with E-state index in [0.29, 0.717) is 5.39 Å². The second kappa shape index (κ2) is 2.75. The first kappa shape index (κ1) is 8.08. The van der Waals surface area contributed by atoms with Gasteiger partial charge in [0.1, 0.15) is 5.82 Å². The molecule has 1 heterocycles. The maximum atomic E-state index is 13.2. The smallest absolute Gasteiger partial charge is 0.132 e. The van der Waals surface area contributed by atoms with E-state index >= 15 is 0 Å². The van der Waals surface area contributed by atoms with Crippen LogP contribution in [0.15, 0.2) is 22.4 Å². The van der Waals surface area contributed by atoms with Crippen LogP contribution in [0.4, 0.5) is 4.39 Å². The summed E-state index contributed by atoms with van der Waals surface area (Å²) in [6.45, 7) is 1.89. The van der Waals surface area contributed by atoms with Gasteiger partial charge in [0.05, 0.1) is 4.21 Å². The second-order valence-electron chi connectivity index (χ2n) is 2.65. The number of rotatable bonds is 0.